The number of carbonyl (C=O) groups is 3. The van der Waals surface area contributed by atoms with Crippen molar-refractivity contribution in [3.63, 3.8) is 0 Å². The molecule has 0 aliphatic carbocycles. The lowest BCUT2D eigenvalue weighted by Crippen LogP contribution is -2.72. The van der Waals surface area contributed by atoms with Gasteiger partial charge >= 0.3 is 0 Å². The normalized spacial score (nSPS) is 32.0. The number of carbonyl (C=O) groups excluding carboxylic acids is 3. The van der Waals surface area contributed by atoms with Gasteiger partial charge in [0.2, 0.25) is 11.8 Å². The third-order valence-electron chi connectivity index (χ3n) is 6.00. The molecule has 2 fully saturated rings. The van der Waals surface area contributed by atoms with Gasteiger partial charge in [0.25, 0.3) is 0 Å². The first-order chi connectivity index (χ1) is 13.4. The van der Waals surface area contributed by atoms with Gasteiger partial charge in [0.15, 0.2) is 5.78 Å². The van der Waals surface area contributed by atoms with E-state index >= 15 is 0 Å². The molecule has 8 heteroatoms. The predicted molar refractivity (Wildman–Crippen MR) is 104 cm³/mol. The van der Waals surface area contributed by atoms with Crippen molar-refractivity contribution < 1.29 is 19.1 Å². The minimum absolute atomic E-state index is 0.0432. The van der Waals surface area contributed by atoms with E-state index in [-0.39, 0.29) is 30.8 Å². The van der Waals surface area contributed by atoms with Crippen molar-refractivity contribution in [1.82, 2.24) is 5.32 Å². The largest absolute Gasteiger partial charge is 0.384 e. The Kier molecular flexibility index (Phi) is 4.63. The minimum Gasteiger partial charge on any atom is -0.384 e. The molecule has 150 valence electrons. The summed E-state index contributed by atoms with van der Waals surface area (Å²) in [4.78, 5) is 40.0. The Morgan fingerprint density at radius 2 is 2.11 bits per heavy atom. The van der Waals surface area contributed by atoms with Crippen LogP contribution in [0, 0.1) is 5.41 Å². The highest BCUT2D eigenvalue weighted by atomic mass is 16.5. The summed E-state index contributed by atoms with van der Waals surface area (Å²) >= 11 is 0. The highest BCUT2D eigenvalue weighted by molar-refractivity contribution is 6.22. The van der Waals surface area contributed by atoms with Crippen LogP contribution in [-0.2, 0) is 25.5 Å². The van der Waals surface area contributed by atoms with Gasteiger partial charge < -0.3 is 20.7 Å². The average molecular weight is 386 g/mol. The van der Waals surface area contributed by atoms with Gasteiger partial charge in [-0.1, -0.05) is 6.07 Å². The molecule has 4 atom stereocenters. The molecule has 4 N–H and O–H groups in total. The maximum atomic E-state index is 13.1. The molecule has 28 heavy (non-hydrogen) atoms. The first kappa shape index (κ1) is 18.9. The van der Waals surface area contributed by atoms with Crippen molar-refractivity contribution in [2.45, 2.75) is 44.9 Å². The molecule has 0 aromatic heterocycles. The van der Waals surface area contributed by atoms with Gasteiger partial charge in [-0.25, -0.2) is 0 Å². The Labute approximate surface area is 163 Å². The number of ketones is 1. The Morgan fingerprint density at radius 1 is 1.32 bits per heavy atom. The summed E-state index contributed by atoms with van der Waals surface area (Å²) in [6.45, 7) is 5.63. The van der Waals surface area contributed by atoms with Gasteiger partial charge in [-0.2, -0.15) is 0 Å². The number of benzene rings is 1. The topological polar surface area (TPSA) is 114 Å². The van der Waals surface area contributed by atoms with Crippen molar-refractivity contribution in [2.24, 2.45) is 11.1 Å². The van der Waals surface area contributed by atoms with Gasteiger partial charge in [-0.3, -0.25) is 19.7 Å². The predicted octanol–water partition coefficient (Wildman–Crippen LogP) is 0.198. The fourth-order valence-electron chi connectivity index (χ4n) is 4.95. The van der Waals surface area contributed by atoms with Gasteiger partial charge in [-0.05, 0) is 38.0 Å². The molecule has 1 unspecified atom stereocenters. The summed E-state index contributed by atoms with van der Waals surface area (Å²) in [5.74, 6) is -1.36. The number of nitrogens with two attached hydrogens (primary N) is 1. The summed E-state index contributed by atoms with van der Waals surface area (Å²) in [7, 11) is 0. The minimum atomic E-state index is -1.31. The number of fused-ring (bicyclic) bond motifs is 4. The molecule has 2 amide bonds. The molecule has 0 radical (unpaired) electrons. The number of ether oxygens (including phenoxy) is 1. The van der Waals surface area contributed by atoms with Crippen LogP contribution < -0.4 is 21.3 Å². The molecule has 0 bridgehead atoms. The van der Waals surface area contributed by atoms with E-state index in [1.165, 1.54) is 0 Å². The number of morpholine rings is 1. The number of imide groups is 1. The van der Waals surface area contributed by atoms with Crippen LogP contribution in [0.25, 0.3) is 0 Å². The molecular formula is C20H26N4O4. The highest BCUT2D eigenvalue weighted by Gasteiger charge is 2.62. The molecule has 4 rings (SSSR count). The first-order valence-corrected chi connectivity index (χ1v) is 9.73. The maximum Gasteiger partial charge on any atom is 0.242 e. The molecule has 8 nitrogen and oxygen atoms in total. The fourth-order valence-corrected chi connectivity index (χ4v) is 4.95. The standard InChI is InChI=1S/C20H26N4O4/c1-11-10-24-15-7-14(22-6-5-21)4-3-13(15)9-20(18(24)12(2)28-11)16(25)8-17(26)23-19(20)27/h3-4,7,11-12,18,22H,5-6,8-10,21H2,1-2H3,(H,23,26,27)/t11-,12+,18-,20?/m1/s1. The first-order valence-electron chi connectivity index (χ1n) is 9.73. The van der Waals surface area contributed by atoms with Crippen LogP contribution in [-0.4, -0.2) is 55.5 Å². The number of anilines is 2. The summed E-state index contributed by atoms with van der Waals surface area (Å²) in [6.07, 6.45) is -0.386. The number of amides is 2. The molecule has 3 heterocycles. The van der Waals surface area contributed by atoms with E-state index in [1.54, 1.807) is 0 Å². The van der Waals surface area contributed by atoms with Crippen molar-refractivity contribution in [3.8, 4) is 0 Å². The molecule has 1 spiro atoms. The number of hydrogen-bond acceptors (Lipinski definition) is 7. The fraction of sp³-hybridized carbons (Fsp3) is 0.550. The Bertz CT molecular complexity index is 819. The van der Waals surface area contributed by atoms with E-state index in [0.29, 0.717) is 19.6 Å². The maximum absolute atomic E-state index is 13.1. The van der Waals surface area contributed by atoms with E-state index in [0.717, 1.165) is 16.9 Å². The Hall–Kier alpha value is -2.45. The molecule has 1 aromatic carbocycles. The summed E-state index contributed by atoms with van der Waals surface area (Å²) in [5.41, 5.74) is 7.15. The van der Waals surface area contributed by atoms with Gasteiger partial charge in [0.05, 0.1) is 24.7 Å². The van der Waals surface area contributed by atoms with Crippen LogP contribution in [0.15, 0.2) is 18.2 Å². The smallest absolute Gasteiger partial charge is 0.242 e. The van der Waals surface area contributed by atoms with Crippen LogP contribution in [0.3, 0.4) is 0 Å². The number of nitrogens with zero attached hydrogens (tertiary/aromatic N) is 1. The van der Waals surface area contributed by atoms with Gasteiger partial charge in [0.1, 0.15) is 5.41 Å². The summed E-state index contributed by atoms with van der Waals surface area (Å²) < 4.78 is 6.03. The monoisotopic (exact) mass is 386 g/mol. The quantitative estimate of drug-likeness (QED) is 0.502. The van der Waals surface area contributed by atoms with Crippen LogP contribution in [0.1, 0.15) is 25.8 Å². The van der Waals surface area contributed by atoms with E-state index in [1.807, 2.05) is 32.0 Å². The molecule has 3 aliphatic rings. The number of rotatable bonds is 3. The second-order valence-electron chi connectivity index (χ2n) is 7.93. The van der Waals surface area contributed by atoms with Crippen LogP contribution in [0.5, 0.6) is 0 Å². The van der Waals surface area contributed by atoms with E-state index in [4.69, 9.17) is 10.5 Å². The second-order valence-corrected chi connectivity index (χ2v) is 7.93. The molecular weight excluding hydrogens is 360 g/mol. The van der Waals surface area contributed by atoms with Gasteiger partial charge in [-0.15, -0.1) is 0 Å². The lowest BCUT2D eigenvalue weighted by molar-refractivity contribution is -0.158. The molecule has 1 aromatic rings. The Morgan fingerprint density at radius 3 is 2.82 bits per heavy atom. The van der Waals surface area contributed by atoms with Crippen molar-refractivity contribution in [2.75, 3.05) is 29.9 Å². The number of hydrogen-bond donors (Lipinski definition) is 3. The SMILES string of the molecule is C[C@@H]1CN2c3cc(NCCN)ccc3CC3(C(=O)CC(=O)NC3=O)[C@H]2[C@H](C)O1. The average Bonchev–Trinajstić information content (AvgIpc) is 2.64. The summed E-state index contributed by atoms with van der Waals surface area (Å²) in [5, 5.41) is 5.68. The lowest BCUT2D eigenvalue weighted by atomic mass is 9.63. The lowest BCUT2D eigenvalue weighted by Gasteiger charge is -2.55. The van der Waals surface area contributed by atoms with Crippen molar-refractivity contribution in [1.29, 1.82) is 0 Å². The highest BCUT2D eigenvalue weighted by Crippen LogP contribution is 2.48. The zero-order valence-corrected chi connectivity index (χ0v) is 16.2. The second kappa shape index (κ2) is 6.86. The van der Waals surface area contributed by atoms with Crippen LogP contribution in [0.2, 0.25) is 0 Å². The van der Waals surface area contributed by atoms with Crippen molar-refractivity contribution >= 4 is 29.0 Å². The van der Waals surface area contributed by atoms with E-state index in [2.05, 4.69) is 15.5 Å². The number of piperidine rings is 1. The third-order valence-corrected chi connectivity index (χ3v) is 6.00. The molecule has 3 aliphatic heterocycles. The summed E-state index contributed by atoms with van der Waals surface area (Å²) in [6, 6.07) is 5.48. The zero-order valence-electron chi connectivity index (χ0n) is 16.2. The van der Waals surface area contributed by atoms with Crippen LogP contribution >= 0.6 is 0 Å². The third kappa shape index (κ3) is 2.79. The number of Topliss-reactive ketones (excluding diaryl/α,β-unsaturated/α-hetero) is 1. The number of nitrogens with one attached hydrogen (secondary N) is 2. The van der Waals surface area contributed by atoms with E-state index < -0.39 is 23.3 Å². The van der Waals surface area contributed by atoms with Gasteiger partial charge in [0, 0.05) is 31.0 Å². The van der Waals surface area contributed by atoms with Crippen molar-refractivity contribution in [3.05, 3.63) is 23.8 Å². The molecule has 2 saturated heterocycles. The van der Waals surface area contributed by atoms with E-state index in [9.17, 15) is 14.4 Å². The zero-order chi connectivity index (χ0) is 20.1. The molecule has 0 saturated carbocycles. The Balaban J connectivity index is 1.83. The van der Waals surface area contributed by atoms with Crippen LogP contribution in [0.4, 0.5) is 11.4 Å².